The first-order valence-corrected chi connectivity index (χ1v) is 8.08. The van der Waals surface area contributed by atoms with E-state index in [1.165, 1.54) is 12.8 Å². The number of hydrogen-bond acceptors (Lipinski definition) is 3. The quantitative estimate of drug-likeness (QED) is 0.664. The fourth-order valence-corrected chi connectivity index (χ4v) is 2.32. The summed E-state index contributed by atoms with van der Waals surface area (Å²) in [7, 11) is 1.88. The van der Waals surface area contributed by atoms with Gasteiger partial charge in [-0.15, -0.1) is 0 Å². The van der Waals surface area contributed by atoms with Crippen LogP contribution in [0.1, 0.15) is 60.8 Å². The van der Waals surface area contributed by atoms with E-state index in [4.69, 9.17) is 0 Å². The first-order valence-electron chi connectivity index (χ1n) is 8.08. The van der Waals surface area contributed by atoms with E-state index in [9.17, 15) is 5.26 Å². The zero-order valence-corrected chi connectivity index (χ0v) is 14.7. The summed E-state index contributed by atoms with van der Waals surface area (Å²) in [4.78, 5) is 2.56. The molecule has 3 heteroatoms. The van der Waals surface area contributed by atoms with Gasteiger partial charge in [-0.1, -0.05) is 27.7 Å². The highest BCUT2D eigenvalue weighted by atomic mass is 15.2. The molecule has 0 aromatic heterocycles. The summed E-state index contributed by atoms with van der Waals surface area (Å²) in [6.07, 6.45) is 3.33. The van der Waals surface area contributed by atoms with Gasteiger partial charge in [-0.25, -0.2) is 0 Å². The molecule has 0 saturated heterocycles. The molecule has 0 aliphatic carbocycles. The minimum atomic E-state index is -0.423. The Morgan fingerprint density at radius 3 is 1.80 bits per heavy atom. The number of rotatable bonds is 10. The molecular formula is C17H35N3. The van der Waals surface area contributed by atoms with Gasteiger partial charge in [0.15, 0.2) is 0 Å². The smallest absolute Gasteiger partial charge is 0.105 e. The lowest BCUT2D eigenvalue weighted by molar-refractivity contribution is 0.162. The number of nitrogens with one attached hydrogen (secondary N) is 1. The van der Waals surface area contributed by atoms with Gasteiger partial charge in [0.25, 0.3) is 0 Å². The van der Waals surface area contributed by atoms with E-state index in [1.54, 1.807) is 0 Å². The van der Waals surface area contributed by atoms with Crippen molar-refractivity contribution in [3.8, 4) is 6.07 Å². The molecule has 0 spiro atoms. The van der Waals surface area contributed by atoms with Crippen LogP contribution in [0.2, 0.25) is 0 Å². The van der Waals surface area contributed by atoms with Gasteiger partial charge in [0.1, 0.15) is 5.54 Å². The van der Waals surface area contributed by atoms with Crippen molar-refractivity contribution in [2.24, 2.45) is 11.8 Å². The maximum absolute atomic E-state index is 9.32. The molecule has 1 N–H and O–H groups in total. The van der Waals surface area contributed by atoms with Gasteiger partial charge in [0.2, 0.25) is 0 Å². The van der Waals surface area contributed by atoms with Gasteiger partial charge < -0.3 is 10.2 Å². The first-order chi connectivity index (χ1) is 9.24. The zero-order chi connectivity index (χ0) is 15.8. The Kier molecular flexibility index (Phi) is 9.09. The highest BCUT2D eigenvalue weighted by molar-refractivity contribution is 5.04. The molecule has 0 rings (SSSR count). The monoisotopic (exact) mass is 281 g/mol. The molecule has 2 atom stereocenters. The Morgan fingerprint density at radius 1 is 1.05 bits per heavy atom. The van der Waals surface area contributed by atoms with Crippen molar-refractivity contribution < 1.29 is 0 Å². The Bertz CT molecular complexity index is 281. The van der Waals surface area contributed by atoms with Crippen molar-refractivity contribution in [2.45, 2.75) is 72.4 Å². The zero-order valence-electron chi connectivity index (χ0n) is 14.7. The molecule has 0 aromatic carbocycles. The average Bonchev–Trinajstić information content (AvgIpc) is 2.37. The third-order valence-corrected chi connectivity index (χ3v) is 4.11. The van der Waals surface area contributed by atoms with Crippen LogP contribution in [0.5, 0.6) is 0 Å². The van der Waals surface area contributed by atoms with E-state index in [-0.39, 0.29) is 0 Å². The molecule has 0 saturated carbocycles. The van der Waals surface area contributed by atoms with E-state index < -0.39 is 5.54 Å². The standard InChI is InChI=1S/C17H35N3/c1-14(2)8-10-20(11-9-15(3)4)16(5)12-17(6,13-18)19-7/h14-16,19H,8-12H2,1-7H3. The molecule has 3 nitrogen and oxygen atoms in total. The van der Waals surface area contributed by atoms with Crippen LogP contribution in [0, 0.1) is 23.2 Å². The summed E-state index contributed by atoms with van der Waals surface area (Å²) in [5, 5.41) is 12.5. The fourth-order valence-electron chi connectivity index (χ4n) is 2.32. The molecule has 0 amide bonds. The van der Waals surface area contributed by atoms with E-state index in [2.05, 4.69) is 50.9 Å². The summed E-state index contributed by atoms with van der Waals surface area (Å²) in [5.74, 6) is 1.46. The van der Waals surface area contributed by atoms with Crippen LogP contribution >= 0.6 is 0 Å². The minimum Gasteiger partial charge on any atom is -0.303 e. The van der Waals surface area contributed by atoms with Crippen LogP contribution in [0.3, 0.4) is 0 Å². The largest absolute Gasteiger partial charge is 0.303 e. The molecule has 20 heavy (non-hydrogen) atoms. The second-order valence-corrected chi connectivity index (χ2v) is 7.15. The van der Waals surface area contributed by atoms with Crippen molar-refractivity contribution in [1.29, 1.82) is 5.26 Å². The minimum absolute atomic E-state index is 0.423. The second kappa shape index (κ2) is 9.37. The molecule has 0 bridgehead atoms. The van der Waals surface area contributed by atoms with Gasteiger partial charge >= 0.3 is 0 Å². The SMILES string of the molecule is CNC(C)(C#N)CC(C)N(CCC(C)C)CCC(C)C. The maximum Gasteiger partial charge on any atom is 0.105 e. The molecular weight excluding hydrogens is 246 g/mol. The summed E-state index contributed by atoms with van der Waals surface area (Å²) >= 11 is 0. The summed E-state index contributed by atoms with van der Waals surface area (Å²) < 4.78 is 0. The van der Waals surface area contributed by atoms with Gasteiger partial charge in [-0.3, -0.25) is 0 Å². The summed E-state index contributed by atoms with van der Waals surface area (Å²) in [5.41, 5.74) is -0.423. The lowest BCUT2D eigenvalue weighted by Crippen LogP contribution is -2.46. The maximum atomic E-state index is 9.32. The summed E-state index contributed by atoms with van der Waals surface area (Å²) in [6, 6.07) is 2.84. The molecule has 2 unspecified atom stereocenters. The van der Waals surface area contributed by atoms with Crippen LogP contribution in [-0.2, 0) is 0 Å². The average molecular weight is 281 g/mol. The Morgan fingerprint density at radius 2 is 1.50 bits per heavy atom. The van der Waals surface area contributed by atoms with Crippen molar-refractivity contribution >= 4 is 0 Å². The lowest BCUT2D eigenvalue weighted by atomic mass is 9.94. The second-order valence-electron chi connectivity index (χ2n) is 7.15. The Labute approximate surface area is 126 Å². The van der Waals surface area contributed by atoms with Crippen molar-refractivity contribution in [1.82, 2.24) is 10.2 Å². The molecule has 0 fully saturated rings. The molecule has 0 aliphatic heterocycles. The first kappa shape index (κ1) is 19.4. The third-order valence-electron chi connectivity index (χ3n) is 4.11. The van der Waals surface area contributed by atoms with Gasteiger partial charge in [0, 0.05) is 6.04 Å². The lowest BCUT2D eigenvalue weighted by Gasteiger charge is -2.34. The van der Waals surface area contributed by atoms with E-state index >= 15 is 0 Å². The predicted octanol–water partition coefficient (Wildman–Crippen LogP) is 3.66. The van der Waals surface area contributed by atoms with Crippen LogP contribution in [0.15, 0.2) is 0 Å². The molecule has 0 aliphatic rings. The summed E-state index contributed by atoms with van der Waals surface area (Å²) in [6.45, 7) is 15.6. The normalized spacial score (nSPS) is 16.4. The number of nitrogens with zero attached hydrogens (tertiary/aromatic N) is 2. The van der Waals surface area contributed by atoms with E-state index in [0.717, 1.165) is 31.3 Å². The highest BCUT2D eigenvalue weighted by Gasteiger charge is 2.27. The highest BCUT2D eigenvalue weighted by Crippen LogP contribution is 2.18. The van der Waals surface area contributed by atoms with E-state index in [0.29, 0.717) is 6.04 Å². The molecule has 118 valence electrons. The van der Waals surface area contributed by atoms with Crippen LogP contribution in [0.25, 0.3) is 0 Å². The van der Waals surface area contributed by atoms with Crippen molar-refractivity contribution in [2.75, 3.05) is 20.1 Å². The number of nitriles is 1. The van der Waals surface area contributed by atoms with Crippen molar-refractivity contribution in [3.63, 3.8) is 0 Å². The third kappa shape index (κ3) is 7.87. The van der Waals surface area contributed by atoms with Gasteiger partial charge in [-0.2, -0.15) is 5.26 Å². The van der Waals surface area contributed by atoms with Gasteiger partial charge in [0.05, 0.1) is 6.07 Å². The van der Waals surface area contributed by atoms with Crippen molar-refractivity contribution in [3.05, 3.63) is 0 Å². The van der Waals surface area contributed by atoms with E-state index in [1.807, 2.05) is 14.0 Å². The fraction of sp³-hybridized carbons (Fsp3) is 0.941. The van der Waals surface area contributed by atoms with Crippen LogP contribution < -0.4 is 5.32 Å². The number of hydrogen-bond donors (Lipinski definition) is 1. The van der Waals surface area contributed by atoms with Gasteiger partial charge in [-0.05, 0) is 65.1 Å². The Hall–Kier alpha value is -0.590. The molecule has 0 heterocycles. The topological polar surface area (TPSA) is 39.1 Å². The molecule has 0 aromatic rings. The predicted molar refractivity (Wildman–Crippen MR) is 87.6 cm³/mol. The Balaban J connectivity index is 4.61. The van der Waals surface area contributed by atoms with Crippen LogP contribution in [-0.4, -0.2) is 36.6 Å². The molecule has 0 radical (unpaired) electrons. The van der Waals surface area contributed by atoms with Crippen LogP contribution in [0.4, 0.5) is 0 Å².